The third kappa shape index (κ3) is 10.2. The summed E-state index contributed by atoms with van der Waals surface area (Å²) >= 11 is 12.2. The van der Waals surface area contributed by atoms with Crippen molar-refractivity contribution < 1.29 is 23.7 Å². The van der Waals surface area contributed by atoms with Crippen molar-refractivity contribution in [2.75, 3.05) is 73.4 Å². The minimum Gasteiger partial charge on any atom is -0.382 e. The summed E-state index contributed by atoms with van der Waals surface area (Å²) in [7, 11) is 3.53. The third-order valence-corrected chi connectivity index (χ3v) is 7.17. The zero-order valence-electron chi connectivity index (χ0n) is 21.7. The van der Waals surface area contributed by atoms with E-state index < -0.39 is 0 Å². The second-order valence-corrected chi connectivity index (χ2v) is 9.93. The topological polar surface area (TPSA) is 60.5 Å². The van der Waals surface area contributed by atoms with Gasteiger partial charge in [0.25, 0.3) is 0 Å². The zero-order valence-corrected chi connectivity index (χ0v) is 23.3. The number of carbonyl (C=O) groups is 1. The second kappa shape index (κ2) is 16.3. The van der Waals surface area contributed by atoms with Crippen LogP contribution in [-0.2, 0) is 30.2 Å². The molecule has 1 aliphatic rings. The third-order valence-electron chi connectivity index (χ3n) is 6.43. The van der Waals surface area contributed by atoms with Crippen LogP contribution in [-0.4, -0.2) is 95.2 Å². The summed E-state index contributed by atoms with van der Waals surface area (Å²) in [5, 5.41) is 0.941. The van der Waals surface area contributed by atoms with Gasteiger partial charge in [-0.05, 0) is 29.7 Å². The average molecular weight is 554 g/mol. The first-order valence-electron chi connectivity index (χ1n) is 12.7. The molecule has 2 atom stereocenters. The number of rotatable bonds is 16. The monoisotopic (exact) mass is 552 g/mol. The lowest BCUT2D eigenvalue weighted by atomic mass is 10.0. The van der Waals surface area contributed by atoms with Gasteiger partial charge in [-0.25, -0.2) is 0 Å². The first kappa shape index (κ1) is 29.8. The molecule has 1 aliphatic heterocycles. The lowest BCUT2D eigenvalue weighted by Gasteiger charge is -2.32. The maximum absolute atomic E-state index is 13.2. The molecule has 0 saturated carbocycles. The predicted octanol–water partition coefficient (Wildman–Crippen LogP) is 4.51. The molecule has 2 aromatic rings. The van der Waals surface area contributed by atoms with Crippen molar-refractivity contribution in [1.82, 2.24) is 9.80 Å². The average Bonchev–Trinajstić information content (AvgIpc) is 3.36. The van der Waals surface area contributed by atoms with E-state index in [0.717, 1.165) is 37.2 Å². The van der Waals surface area contributed by atoms with Crippen molar-refractivity contribution >= 4 is 29.1 Å². The van der Waals surface area contributed by atoms with E-state index in [9.17, 15) is 4.79 Å². The highest BCUT2D eigenvalue weighted by molar-refractivity contribution is 6.42. The summed E-state index contributed by atoms with van der Waals surface area (Å²) in [5.41, 5.74) is 1.95. The van der Waals surface area contributed by atoms with E-state index in [1.165, 1.54) is 0 Å². The molecule has 7 nitrogen and oxygen atoms in total. The van der Waals surface area contributed by atoms with Gasteiger partial charge in [0.1, 0.15) is 0 Å². The normalized spacial score (nSPS) is 16.7. The highest BCUT2D eigenvalue weighted by Crippen LogP contribution is 2.26. The molecule has 204 valence electrons. The Balaban J connectivity index is 1.47. The summed E-state index contributed by atoms with van der Waals surface area (Å²) in [6.45, 7) is 5.87. The molecule has 0 spiro atoms. The quantitative estimate of drug-likeness (QED) is 0.285. The molecule has 1 amide bonds. The van der Waals surface area contributed by atoms with E-state index in [2.05, 4.69) is 17.0 Å². The van der Waals surface area contributed by atoms with Crippen LogP contribution < -0.4 is 0 Å². The number of nitrogens with zero attached hydrogens (tertiary/aromatic N) is 2. The second-order valence-electron chi connectivity index (χ2n) is 9.11. The molecule has 9 heteroatoms. The maximum Gasteiger partial charge on any atom is 0.227 e. The van der Waals surface area contributed by atoms with E-state index in [0.29, 0.717) is 49.7 Å². The van der Waals surface area contributed by atoms with Crippen LogP contribution in [0.1, 0.15) is 23.6 Å². The fourth-order valence-electron chi connectivity index (χ4n) is 4.33. The molecule has 37 heavy (non-hydrogen) atoms. The Kier molecular flexibility index (Phi) is 13.1. The molecule has 1 saturated heterocycles. The number of amides is 1. The minimum absolute atomic E-state index is 0.0302. The Labute approximate surface area is 230 Å². The Hall–Kier alpha value is -1.71. The van der Waals surface area contributed by atoms with Crippen LogP contribution in [0.2, 0.25) is 10.0 Å². The summed E-state index contributed by atoms with van der Waals surface area (Å²) in [5.74, 6) is 0.0302. The molecule has 0 aliphatic carbocycles. The largest absolute Gasteiger partial charge is 0.382 e. The Morgan fingerprint density at radius 2 is 1.70 bits per heavy atom. The standard InChI is InChI=1S/C28H38Cl2N2O5/c1-31(28(33)19-22-8-9-25(29)26(30)18-22)27(23-6-4-3-5-7-23)21-32-11-10-24(20-32)37-17-16-36-15-14-35-13-12-34-2/h3-9,18,24,27H,10-17,19-21H2,1-2H3/t24?,27-/m1/s1. The molecule has 0 aromatic heterocycles. The lowest BCUT2D eigenvalue weighted by Crippen LogP contribution is -2.39. The van der Waals surface area contributed by atoms with E-state index in [1.54, 1.807) is 19.2 Å². The molecular formula is C28H38Cl2N2O5. The van der Waals surface area contributed by atoms with Crippen molar-refractivity contribution in [3.63, 3.8) is 0 Å². The lowest BCUT2D eigenvalue weighted by molar-refractivity contribution is -0.131. The SMILES string of the molecule is COCCOCCOCCOC1CCN(C[C@H](c2ccccc2)N(C)C(=O)Cc2ccc(Cl)c(Cl)c2)C1. The summed E-state index contributed by atoms with van der Waals surface area (Å²) in [4.78, 5) is 17.5. The van der Waals surface area contributed by atoms with Crippen molar-refractivity contribution in [3.05, 3.63) is 69.7 Å². The van der Waals surface area contributed by atoms with E-state index >= 15 is 0 Å². The molecular weight excluding hydrogens is 515 g/mol. The zero-order chi connectivity index (χ0) is 26.5. The van der Waals surface area contributed by atoms with Crippen molar-refractivity contribution in [2.24, 2.45) is 0 Å². The van der Waals surface area contributed by atoms with Gasteiger partial charge in [-0.1, -0.05) is 59.6 Å². The van der Waals surface area contributed by atoms with Gasteiger partial charge in [0.05, 0.1) is 68.3 Å². The van der Waals surface area contributed by atoms with Crippen LogP contribution >= 0.6 is 23.2 Å². The molecule has 1 heterocycles. The van der Waals surface area contributed by atoms with Gasteiger partial charge in [-0.15, -0.1) is 0 Å². The first-order chi connectivity index (χ1) is 18.0. The number of likely N-dealkylation sites (N-methyl/N-ethyl adjacent to an activating group) is 1. The molecule has 3 rings (SSSR count). The molecule has 1 unspecified atom stereocenters. The molecule has 1 fully saturated rings. The Bertz CT molecular complexity index is 949. The fraction of sp³-hybridized carbons (Fsp3) is 0.536. The van der Waals surface area contributed by atoms with Crippen LogP contribution in [0.5, 0.6) is 0 Å². The summed E-state index contributed by atoms with van der Waals surface area (Å²) in [6.07, 6.45) is 1.39. The van der Waals surface area contributed by atoms with Crippen LogP contribution in [0.15, 0.2) is 48.5 Å². The molecule has 2 aromatic carbocycles. The summed E-state index contributed by atoms with van der Waals surface area (Å²) in [6, 6.07) is 15.4. The van der Waals surface area contributed by atoms with Gasteiger partial charge in [0, 0.05) is 33.8 Å². The smallest absolute Gasteiger partial charge is 0.227 e. The Morgan fingerprint density at radius 3 is 2.41 bits per heavy atom. The number of benzene rings is 2. The number of methoxy groups -OCH3 is 1. The van der Waals surface area contributed by atoms with E-state index in [-0.39, 0.29) is 24.5 Å². The Morgan fingerprint density at radius 1 is 1.00 bits per heavy atom. The predicted molar refractivity (Wildman–Crippen MR) is 146 cm³/mol. The maximum atomic E-state index is 13.2. The van der Waals surface area contributed by atoms with Crippen molar-refractivity contribution in [2.45, 2.75) is 25.0 Å². The highest BCUT2D eigenvalue weighted by atomic mass is 35.5. The number of halogens is 2. The highest BCUT2D eigenvalue weighted by Gasteiger charge is 2.29. The van der Waals surface area contributed by atoms with Crippen LogP contribution in [0.25, 0.3) is 0 Å². The van der Waals surface area contributed by atoms with Crippen LogP contribution in [0, 0.1) is 0 Å². The number of likely N-dealkylation sites (tertiary alicyclic amines) is 1. The molecule has 0 N–H and O–H groups in total. The van der Waals surface area contributed by atoms with Crippen molar-refractivity contribution in [3.8, 4) is 0 Å². The molecule has 0 radical (unpaired) electrons. The number of hydrogen-bond donors (Lipinski definition) is 0. The van der Waals surface area contributed by atoms with E-state index in [1.807, 2.05) is 36.2 Å². The first-order valence-corrected chi connectivity index (χ1v) is 13.5. The number of hydrogen-bond acceptors (Lipinski definition) is 6. The van der Waals surface area contributed by atoms with Gasteiger partial charge in [-0.2, -0.15) is 0 Å². The van der Waals surface area contributed by atoms with Gasteiger partial charge in [0.2, 0.25) is 5.91 Å². The van der Waals surface area contributed by atoms with Gasteiger partial charge in [-0.3, -0.25) is 9.69 Å². The van der Waals surface area contributed by atoms with Crippen LogP contribution in [0.3, 0.4) is 0 Å². The number of ether oxygens (including phenoxy) is 4. The van der Waals surface area contributed by atoms with E-state index in [4.69, 9.17) is 42.1 Å². The molecule has 0 bridgehead atoms. The van der Waals surface area contributed by atoms with Gasteiger partial charge >= 0.3 is 0 Å². The summed E-state index contributed by atoms with van der Waals surface area (Å²) < 4.78 is 21.9. The van der Waals surface area contributed by atoms with Crippen molar-refractivity contribution in [1.29, 1.82) is 0 Å². The van der Waals surface area contributed by atoms with Crippen LogP contribution in [0.4, 0.5) is 0 Å². The number of carbonyl (C=O) groups excluding carboxylic acids is 1. The van der Waals surface area contributed by atoms with Gasteiger partial charge < -0.3 is 23.8 Å². The minimum atomic E-state index is -0.0725. The fourth-order valence-corrected chi connectivity index (χ4v) is 4.65. The van der Waals surface area contributed by atoms with Gasteiger partial charge in [0.15, 0.2) is 0 Å².